The Morgan fingerprint density at radius 3 is 2.72 bits per heavy atom. The predicted molar refractivity (Wildman–Crippen MR) is 104 cm³/mol. The lowest BCUT2D eigenvalue weighted by atomic mass is 9.98. The summed E-state index contributed by atoms with van der Waals surface area (Å²) in [5, 5.41) is 3.66. The summed E-state index contributed by atoms with van der Waals surface area (Å²) >= 11 is 2.05. The van der Waals surface area contributed by atoms with E-state index in [0.29, 0.717) is 11.3 Å². The molecule has 2 rings (SSSR count). The van der Waals surface area contributed by atoms with Gasteiger partial charge < -0.3 is 14.6 Å². The molecule has 0 bridgehead atoms. The lowest BCUT2D eigenvalue weighted by molar-refractivity contribution is 0.0471. The van der Waals surface area contributed by atoms with Gasteiger partial charge in [0.05, 0.1) is 6.33 Å². The molecule has 2 atom stereocenters. The van der Waals surface area contributed by atoms with Gasteiger partial charge in [-0.25, -0.2) is 9.78 Å². The van der Waals surface area contributed by atoms with E-state index >= 15 is 0 Å². The van der Waals surface area contributed by atoms with Crippen LogP contribution in [-0.4, -0.2) is 37.8 Å². The van der Waals surface area contributed by atoms with Crippen LogP contribution in [0.2, 0.25) is 0 Å². The highest BCUT2D eigenvalue weighted by molar-refractivity contribution is 7.99. The van der Waals surface area contributed by atoms with Crippen LogP contribution in [0.1, 0.15) is 72.5 Å². The fraction of sp³-hybridized carbons (Fsp3) is 0.789. The Kier molecular flexibility index (Phi) is 6.46. The molecule has 142 valence electrons. The molecule has 1 aliphatic carbocycles. The van der Waals surface area contributed by atoms with E-state index in [1.54, 1.807) is 0 Å². The van der Waals surface area contributed by atoms with Crippen LogP contribution >= 0.6 is 11.8 Å². The Bertz CT molecular complexity index is 577. The standard InChI is InChI=1S/C19H33N3O2S/c1-7-25-16-10-8-9-15(16)22-13-20-12-14(22)11-19(5,6)21-17(23)24-18(2,3)4/h12-13,15-16H,7-11H2,1-6H3,(H,21,23). The van der Waals surface area contributed by atoms with E-state index < -0.39 is 11.1 Å². The van der Waals surface area contributed by atoms with Crippen molar-refractivity contribution in [1.82, 2.24) is 14.9 Å². The molecule has 0 aromatic carbocycles. The molecule has 0 aliphatic heterocycles. The number of carbonyl (C=O) groups is 1. The summed E-state index contributed by atoms with van der Waals surface area (Å²) in [5.41, 5.74) is 0.289. The van der Waals surface area contributed by atoms with Gasteiger partial charge in [-0.2, -0.15) is 11.8 Å². The van der Waals surface area contributed by atoms with Crippen LogP contribution in [0.4, 0.5) is 4.79 Å². The van der Waals surface area contributed by atoms with Crippen molar-refractivity contribution in [2.45, 2.75) is 89.7 Å². The molecule has 5 nitrogen and oxygen atoms in total. The molecule has 25 heavy (non-hydrogen) atoms. The molecule has 1 aromatic rings. The molecule has 1 saturated carbocycles. The van der Waals surface area contributed by atoms with Gasteiger partial charge in [-0.05, 0) is 53.2 Å². The molecule has 0 radical (unpaired) electrons. The molecule has 6 heteroatoms. The van der Waals surface area contributed by atoms with E-state index in [4.69, 9.17) is 4.74 Å². The number of ether oxygens (including phenoxy) is 1. The van der Waals surface area contributed by atoms with Crippen molar-refractivity contribution in [3.05, 3.63) is 18.2 Å². The summed E-state index contributed by atoms with van der Waals surface area (Å²) in [6.07, 6.45) is 8.01. The minimum Gasteiger partial charge on any atom is -0.444 e. The first-order valence-electron chi connectivity index (χ1n) is 9.25. The highest BCUT2D eigenvalue weighted by atomic mass is 32.2. The smallest absolute Gasteiger partial charge is 0.408 e. The zero-order valence-electron chi connectivity index (χ0n) is 16.5. The monoisotopic (exact) mass is 367 g/mol. The molecule has 1 aromatic heterocycles. The van der Waals surface area contributed by atoms with Crippen LogP contribution in [0.5, 0.6) is 0 Å². The van der Waals surface area contributed by atoms with Crippen molar-refractivity contribution >= 4 is 17.9 Å². The van der Waals surface area contributed by atoms with E-state index in [-0.39, 0.29) is 6.09 Å². The summed E-state index contributed by atoms with van der Waals surface area (Å²) in [5.74, 6) is 1.15. The van der Waals surface area contributed by atoms with Gasteiger partial charge in [-0.3, -0.25) is 0 Å². The first kappa shape index (κ1) is 20.1. The minimum absolute atomic E-state index is 0.371. The maximum Gasteiger partial charge on any atom is 0.408 e. The van der Waals surface area contributed by atoms with Gasteiger partial charge in [0.1, 0.15) is 5.60 Å². The van der Waals surface area contributed by atoms with Crippen LogP contribution in [-0.2, 0) is 11.2 Å². The normalized spacial score (nSPS) is 21.4. The Morgan fingerprint density at radius 1 is 1.36 bits per heavy atom. The summed E-state index contributed by atoms with van der Waals surface area (Å²) < 4.78 is 7.73. The average molecular weight is 368 g/mol. The van der Waals surface area contributed by atoms with Crippen molar-refractivity contribution in [3.8, 4) is 0 Å². The number of thioether (sulfide) groups is 1. The van der Waals surface area contributed by atoms with Gasteiger partial charge in [0.25, 0.3) is 0 Å². The zero-order valence-corrected chi connectivity index (χ0v) is 17.3. The zero-order chi connectivity index (χ0) is 18.7. The number of hydrogen-bond acceptors (Lipinski definition) is 4. The molecule has 1 N–H and O–H groups in total. The molecular weight excluding hydrogens is 334 g/mol. The topological polar surface area (TPSA) is 56.2 Å². The first-order valence-corrected chi connectivity index (χ1v) is 10.3. The number of hydrogen-bond donors (Lipinski definition) is 1. The fourth-order valence-corrected chi connectivity index (χ4v) is 4.73. The van der Waals surface area contributed by atoms with Crippen molar-refractivity contribution in [2.75, 3.05) is 5.75 Å². The van der Waals surface area contributed by atoms with Crippen molar-refractivity contribution in [2.24, 2.45) is 0 Å². The third-order valence-corrected chi connectivity index (χ3v) is 5.68. The van der Waals surface area contributed by atoms with Crippen LogP contribution in [0.25, 0.3) is 0 Å². The van der Waals surface area contributed by atoms with Crippen LogP contribution in [0.15, 0.2) is 12.5 Å². The van der Waals surface area contributed by atoms with Gasteiger partial charge in [0, 0.05) is 35.1 Å². The number of nitrogens with zero attached hydrogens (tertiary/aromatic N) is 2. The van der Waals surface area contributed by atoms with E-state index in [9.17, 15) is 4.79 Å². The van der Waals surface area contributed by atoms with E-state index in [0.717, 1.165) is 12.2 Å². The van der Waals surface area contributed by atoms with Gasteiger partial charge in [0.15, 0.2) is 0 Å². The minimum atomic E-state index is -0.490. The Morgan fingerprint density at radius 2 is 2.08 bits per heavy atom. The maximum atomic E-state index is 12.1. The fourth-order valence-electron chi connectivity index (χ4n) is 3.48. The number of rotatable bonds is 6. The number of amides is 1. The molecule has 1 heterocycles. The Labute approximate surface area is 156 Å². The first-order chi connectivity index (χ1) is 11.6. The van der Waals surface area contributed by atoms with Gasteiger partial charge in [-0.15, -0.1) is 0 Å². The highest BCUT2D eigenvalue weighted by Crippen LogP contribution is 2.39. The maximum absolute atomic E-state index is 12.1. The van der Waals surface area contributed by atoms with Gasteiger partial charge in [-0.1, -0.05) is 13.3 Å². The number of carbonyl (C=O) groups excluding carboxylic acids is 1. The molecule has 0 saturated heterocycles. The van der Waals surface area contributed by atoms with Crippen molar-refractivity contribution in [1.29, 1.82) is 0 Å². The third-order valence-electron chi connectivity index (χ3n) is 4.36. The largest absolute Gasteiger partial charge is 0.444 e. The third kappa shape index (κ3) is 5.94. The van der Waals surface area contributed by atoms with E-state index in [1.165, 1.54) is 25.0 Å². The van der Waals surface area contributed by atoms with Crippen molar-refractivity contribution in [3.63, 3.8) is 0 Å². The molecule has 2 unspecified atom stereocenters. The number of alkyl carbamates (subject to hydrolysis) is 1. The van der Waals surface area contributed by atoms with Gasteiger partial charge >= 0.3 is 6.09 Å². The molecular formula is C19H33N3O2S. The average Bonchev–Trinajstić information content (AvgIpc) is 3.04. The molecule has 0 spiro atoms. The second-order valence-electron chi connectivity index (χ2n) is 8.47. The van der Waals surface area contributed by atoms with Gasteiger partial charge in [0.2, 0.25) is 0 Å². The van der Waals surface area contributed by atoms with Crippen molar-refractivity contribution < 1.29 is 9.53 Å². The molecule has 1 aliphatic rings. The second-order valence-corrected chi connectivity index (χ2v) is 9.99. The number of nitrogens with one attached hydrogen (secondary N) is 1. The van der Waals surface area contributed by atoms with E-state index in [1.807, 2.05) is 47.1 Å². The lowest BCUT2D eigenvalue weighted by Crippen LogP contribution is -2.47. The summed E-state index contributed by atoms with van der Waals surface area (Å²) in [6, 6.07) is 0.514. The summed E-state index contributed by atoms with van der Waals surface area (Å²) in [6.45, 7) is 11.9. The lowest BCUT2D eigenvalue weighted by Gasteiger charge is -2.30. The van der Waals surface area contributed by atoms with Crippen LogP contribution in [0.3, 0.4) is 0 Å². The van der Waals surface area contributed by atoms with Crippen LogP contribution < -0.4 is 5.32 Å². The van der Waals surface area contributed by atoms with Crippen LogP contribution in [0, 0.1) is 0 Å². The second kappa shape index (κ2) is 8.02. The predicted octanol–water partition coefficient (Wildman–Crippen LogP) is 4.58. The quantitative estimate of drug-likeness (QED) is 0.800. The summed E-state index contributed by atoms with van der Waals surface area (Å²) in [4.78, 5) is 16.5. The summed E-state index contributed by atoms with van der Waals surface area (Å²) in [7, 11) is 0. The number of imidazole rings is 1. The Balaban J connectivity index is 2.05. The SMILES string of the molecule is CCSC1CCCC1n1cncc1CC(C)(C)NC(=O)OC(C)(C)C. The number of aromatic nitrogens is 2. The molecule has 1 fully saturated rings. The van der Waals surface area contributed by atoms with E-state index in [2.05, 4.69) is 33.6 Å². The molecule has 1 amide bonds. The highest BCUT2D eigenvalue weighted by Gasteiger charge is 2.32. The Hall–Kier alpha value is -1.17.